The van der Waals surface area contributed by atoms with Gasteiger partial charge in [0, 0.05) is 26.6 Å². The summed E-state index contributed by atoms with van der Waals surface area (Å²) in [5, 5.41) is 0. The minimum atomic E-state index is 0.155. The molecule has 0 aromatic heterocycles. The van der Waals surface area contributed by atoms with Crippen molar-refractivity contribution in [3.63, 3.8) is 0 Å². The zero-order valence-electron chi connectivity index (χ0n) is 10.9. The van der Waals surface area contributed by atoms with Gasteiger partial charge in [-0.25, -0.2) is 0 Å². The topological polar surface area (TPSA) is 55.6 Å². The van der Waals surface area contributed by atoms with Gasteiger partial charge in [-0.15, -0.1) is 0 Å². The lowest BCUT2D eigenvalue weighted by molar-refractivity contribution is -0.131. The SMILES string of the molecule is CCCN(CCCN)C(=O)CCC(C)OC. The van der Waals surface area contributed by atoms with E-state index in [4.69, 9.17) is 10.5 Å². The van der Waals surface area contributed by atoms with Crippen LogP contribution in [0.1, 0.15) is 39.5 Å². The molecule has 0 saturated carbocycles. The molecule has 0 spiro atoms. The third kappa shape index (κ3) is 6.80. The van der Waals surface area contributed by atoms with Crippen LogP contribution in [0.3, 0.4) is 0 Å². The second-order valence-electron chi connectivity index (χ2n) is 4.11. The van der Waals surface area contributed by atoms with Crippen LogP contribution in [0.5, 0.6) is 0 Å². The fraction of sp³-hybridized carbons (Fsp3) is 0.917. The molecule has 0 bridgehead atoms. The summed E-state index contributed by atoms with van der Waals surface area (Å²) >= 11 is 0. The summed E-state index contributed by atoms with van der Waals surface area (Å²) in [5.74, 6) is 0.221. The first kappa shape index (κ1) is 15.4. The number of carbonyl (C=O) groups is 1. The van der Waals surface area contributed by atoms with E-state index in [1.54, 1.807) is 7.11 Å². The fourth-order valence-electron chi connectivity index (χ4n) is 1.52. The predicted octanol–water partition coefficient (Wildman–Crippen LogP) is 1.39. The summed E-state index contributed by atoms with van der Waals surface area (Å²) in [6.07, 6.45) is 3.39. The quantitative estimate of drug-likeness (QED) is 0.651. The van der Waals surface area contributed by atoms with Crippen molar-refractivity contribution in [2.45, 2.75) is 45.6 Å². The minimum Gasteiger partial charge on any atom is -0.382 e. The van der Waals surface area contributed by atoms with Crippen molar-refractivity contribution in [3.05, 3.63) is 0 Å². The van der Waals surface area contributed by atoms with Crippen LogP contribution in [-0.2, 0) is 9.53 Å². The molecule has 4 heteroatoms. The molecule has 0 aromatic carbocycles. The van der Waals surface area contributed by atoms with E-state index in [1.165, 1.54) is 0 Å². The van der Waals surface area contributed by atoms with Gasteiger partial charge < -0.3 is 15.4 Å². The molecule has 0 saturated heterocycles. The first-order valence-electron chi connectivity index (χ1n) is 6.16. The van der Waals surface area contributed by atoms with Crippen LogP contribution in [0.2, 0.25) is 0 Å². The average molecular weight is 230 g/mol. The Morgan fingerprint density at radius 2 is 2.12 bits per heavy atom. The molecule has 0 aliphatic rings. The van der Waals surface area contributed by atoms with Crippen LogP contribution >= 0.6 is 0 Å². The van der Waals surface area contributed by atoms with E-state index in [9.17, 15) is 4.79 Å². The molecular weight excluding hydrogens is 204 g/mol. The number of hydrogen-bond acceptors (Lipinski definition) is 3. The molecule has 0 heterocycles. The molecule has 1 amide bonds. The summed E-state index contributed by atoms with van der Waals surface area (Å²) < 4.78 is 5.13. The highest BCUT2D eigenvalue weighted by Crippen LogP contribution is 2.05. The normalized spacial score (nSPS) is 12.5. The summed E-state index contributed by atoms with van der Waals surface area (Å²) in [7, 11) is 1.67. The van der Waals surface area contributed by atoms with E-state index in [2.05, 4.69) is 6.92 Å². The van der Waals surface area contributed by atoms with Gasteiger partial charge in [0.15, 0.2) is 0 Å². The van der Waals surface area contributed by atoms with E-state index in [1.807, 2.05) is 11.8 Å². The van der Waals surface area contributed by atoms with Crippen LogP contribution < -0.4 is 5.73 Å². The van der Waals surface area contributed by atoms with Crippen molar-refractivity contribution in [1.82, 2.24) is 4.90 Å². The second kappa shape index (κ2) is 9.60. The van der Waals surface area contributed by atoms with Crippen LogP contribution in [0, 0.1) is 0 Å². The Balaban J connectivity index is 3.95. The van der Waals surface area contributed by atoms with Gasteiger partial charge in [0.05, 0.1) is 6.10 Å². The molecule has 2 N–H and O–H groups in total. The van der Waals surface area contributed by atoms with Crippen LogP contribution in [-0.4, -0.2) is 43.7 Å². The van der Waals surface area contributed by atoms with Gasteiger partial charge in [0.25, 0.3) is 0 Å². The standard InChI is InChI=1S/C12H26N2O2/c1-4-9-14(10-5-8-13)12(15)7-6-11(2)16-3/h11H,4-10,13H2,1-3H3. The number of methoxy groups -OCH3 is 1. The van der Waals surface area contributed by atoms with Crippen molar-refractivity contribution >= 4 is 5.91 Å². The molecule has 0 rings (SSSR count). The fourth-order valence-corrected chi connectivity index (χ4v) is 1.52. The highest BCUT2D eigenvalue weighted by atomic mass is 16.5. The molecule has 0 radical (unpaired) electrons. The maximum atomic E-state index is 11.9. The Morgan fingerprint density at radius 1 is 1.44 bits per heavy atom. The average Bonchev–Trinajstić information content (AvgIpc) is 2.30. The highest BCUT2D eigenvalue weighted by Gasteiger charge is 2.13. The van der Waals surface area contributed by atoms with Crippen molar-refractivity contribution in [3.8, 4) is 0 Å². The lowest BCUT2D eigenvalue weighted by atomic mass is 10.2. The van der Waals surface area contributed by atoms with Gasteiger partial charge in [-0.05, 0) is 32.7 Å². The first-order chi connectivity index (χ1) is 7.65. The Hall–Kier alpha value is -0.610. The third-order valence-electron chi connectivity index (χ3n) is 2.65. The molecule has 1 unspecified atom stereocenters. The summed E-state index contributed by atoms with van der Waals surface area (Å²) in [5.41, 5.74) is 5.46. The summed E-state index contributed by atoms with van der Waals surface area (Å²) in [4.78, 5) is 13.8. The molecule has 0 aliphatic carbocycles. The Labute approximate surface area is 99.1 Å². The molecule has 4 nitrogen and oxygen atoms in total. The molecule has 96 valence electrons. The number of ether oxygens (including phenoxy) is 1. The van der Waals surface area contributed by atoms with Crippen LogP contribution in [0.25, 0.3) is 0 Å². The number of nitrogens with zero attached hydrogens (tertiary/aromatic N) is 1. The maximum Gasteiger partial charge on any atom is 0.222 e. The highest BCUT2D eigenvalue weighted by molar-refractivity contribution is 5.76. The maximum absolute atomic E-state index is 11.9. The van der Waals surface area contributed by atoms with E-state index < -0.39 is 0 Å². The molecular formula is C12H26N2O2. The molecule has 0 fully saturated rings. The van der Waals surface area contributed by atoms with Crippen molar-refractivity contribution in [2.24, 2.45) is 5.73 Å². The predicted molar refractivity (Wildman–Crippen MR) is 66.2 cm³/mol. The lowest BCUT2D eigenvalue weighted by Gasteiger charge is -2.22. The van der Waals surface area contributed by atoms with Crippen molar-refractivity contribution in [2.75, 3.05) is 26.7 Å². The van der Waals surface area contributed by atoms with Gasteiger partial charge in [0.2, 0.25) is 5.91 Å². The lowest BCUT2D eigenvalue weighted by Crippen LogP contribution is -2.34. The van der Waals surface area contributed by atoms with E-state index >= 15 is 0 Å². The third-order valence-corrected chi connectivity index (χ3v) is 2.65. The van der Waals surface area contributed by atoms with Gasteiger partial charge >= 0.3 is 0 Å². The Kier molecular flexibility index (Phi) is 9.24. The molecule has 16 heavy (non-hydrogen) atoms. The summed E-state index contributed by atoms with van der Waals surface area (Å²) in [6, 6.07) is 0. The largest absolute Gasteiger partial charge is 0.382 e. The van der Waals surface area contributed by atoms with Crippen molar-refractivity contribution < 1.29 is 9.53 Å². The number of carbonyl (C=O) groups excluding carboxylic acids is 1. The smallest absolute Gasteiger partial charge is 0.222 e. The van der Waals surface area contributed by atoms with Gasteiger partial charge in [0.1, 0.15) is 0 Å². The number of nitrogens with two attached hydrogens (primary N) is 1. The Bertz CT molecular complexity index is 186. The summed E-state index contributed by atoms with van der Waals surface area (Å²) in [6.45, 7) is 6.32. The van der Waals surface area contributed by atoms with E-state index in [0.29, 0.717) is 13.0 Å². The number of rotatable bonds is 9. The van der Waals surface area contributed by atoms with E-state index in [-0.39, 0.29) is 12.0 Å². The van der Waals surface area contributed by atoms with Gasteiger partial charge in [-0.2, -0.15) is 0 Å². The minimum absolute atomic E-state index is 0.155. The first-order valence-corrected chi connectivity index (χ1v) is 6.16. The van der Waals surface area contributed by atoms with E-state index in [0.717, 1.165) is 32.4 Å². The molecule has 0 aromatic rings. The molecule has 0 aliphatic heterocycles. The second-order valence-corrected chi connectivity index (χ2v) is 4.11. The Morgan fingerprint density at radius 3 is 2.62 bits per heavy atom. The number of amides is 1. The number of hydrogen-bond donors (Lipinski definition) is 1. The zero-order chi connectivity index (χ0) is 12.4. The molecule has 1 atom stereocenters. The zero-order valence-corrected chi connectivity index (χ0v) is 10.9. The van der Waals surface area contributed by atoms with Crippen LogP contribution in [0.4, 0.5) is 0 Å². The van der Waals surface area contributed by atoms with Gasteiger partial charge in [-0.1, -0.05) is 6.92 Å². The van der Waals surface area contributed by atoms with Crippen LogP contribution in [0.15, 0.2) is 0 Å². The monoisotopic (exact) mass is 230 g/mol. The van der Waals surface area contributed by atoms with Gasteiger partial charge in [-0.3, -0.25) is 4.79 Å². The van der Waals surface area contributed by atoms with Crippen molar-refractivity contribution in [1.29, 1.82) is 0 Å².